The molecule has 0 aliphatic carbocycles. The topological polar surface area (TPSA) is 138 Å². The van der Waals surface area contributed by atoms with Crippen molar-refractivity contribution in [3.8, 4) is 0 Å². The third-order valence-corrected chi connectivity index (χ3v) is 4.67. The van der Waals surface area contributed by atoms with E-state index in [0.717, 1.165) is 10.6 Å². The van der Waals surface area contributed by atoms with Gasteiger partial charge in [-0.2, -0.15) is 26.3 Å². The third kappa shape index (κ3) is 9.02. The van der Waals surface area contributed by atoms with Crippen molar-refractivity contribution < 1.29 is 55.7 Å². The lowest BCUT2D eigenvalue weighted by Gasteiger charge is -2.22. The molecule has 2 amide bonds. The van der Waals surface area contributed by atoms with Gasteiger partial charge in [-0.3, -0.25) is 9.59 Å². The largest absolute Gasteiger partial charge is 0.548 e. The lowest BCUT2D eigenvalue weighted by atomic mass is 10.3. The number of carboxylic acid groups (broad SMARTS) is 2. The van der Waals surface area contributed by atoms with Crippen LogP contribution in [0, 0.1) is 0 Å². The quantitative estimate of drug-likeness (QED) is 0.243. The van der Waals surface area contributed by atoms with Crippen LogP contribution in [0.3, 0.4) is 0 Å². The molecule has 8 nitrogen and oxygen atoms in total. The summed E-state index contributed by atoms with van der Waals surface area (Å²) in [6.45, 7) is 0. The van der Waals surface area contributed by atoms with Gasteiger partial charge in [0.2, 0.25) is 0 Å². The second-order valence-corrected chi connectivity index (χ2v) is 6.81. The standard InChI is InChI=1S/C10H10F6N2O6S2/c11-9(12,13)7(23)17-3(5(19)20)1-25-26-2-4(6(21)22)18-8(24)10(14,15)16/h3-4H,1-2H2,(H,17,23)(H,18,24)(H,19,20)(H,21,22)/p-2/t3-,4+. The van der Waals surface area contributed by atoms with Crippen molar-refractivity contribution in [2.24, 2.45) is 0 Å². The number of carboxylic acids is 2. The zero-order valence-corrected chi connectivity index (χ0v) is 13.7. The molecule has 0 aromatic rings. The second kappa shape index (κ2) is 9.75. The van der Waals surface area contributed by atoms with Crippen LogP contribution in [0.1, 0.15) is 0 Å². The monoisotopic (exact) mass is 430 g/mol. The lowest BCUT2D eigenvalue weighted by molar-refractivity contribution is -0.309. The van der Waals surface area contributed by atoms with Gasteiger partial charge >= 0.3 is 24.2 Å². The summed E-state index contributed by atoms with van der Waals surface area (Å²) in [5.74, 6) is -10.7. The Labute approximate surface area is 148 Å². The molecule has 0 fully saturated rings. The highest BCUT2D eigenvalue weighted by molar-refractivity contribution is 8.76. The molecule has 150 valence electrons. The third-order valence-electron chi connectivity index (χ3n) is 2.25. The van der Waals surface area contributed by atoms with E-state index in [1.165, 1.54) is 0 Å². The fourth-order valence-electron chi connectivity index (χ4n) is 1.05. The maximum atomic E-state index is 12.0. The minimum absolute atomic E-state index is 0.413. The van der Waals surface area contributed by atoms with Crippen LogP contribution in [0.25, 0.3) is 0 Å². The fourth-order valence-corrected chi connectivity index (χ4v) is 3.35. The van der Waals surface area contributed by atoms with Gasteiger partial charge in [-0.25, -0.2) is 0 Å². The summed E-state index contributed by atoms with van der Waals surface area (Å²) in [4.78, 5) is 42.6. The average molecular weight is 430 g/mol. The highest BCUT2D eigenvalue weighted by Crippen LogP contribution is 2.24. The Balaban J connectivity index is 4.57. The highest BCUT2D eigenvalue weighted by atomic mass is 33.1. The van der Waals surface area contributed by atoms with Gasteiger partial charge in [-0.15, -0.1) is 0 Å². The molecule has 0 spiro atoms. The van der Waals surface area contributed by atoms with Crippen LogP contribution in [0.2, 0.25) is 0 Å². The van der Waals surface area contributed by atoms with Crippen LogP contribution in [0.4, 0.5) is 26.3 Å². The Kier molecular flexibility index (Phi) is 9.06. The predicted molar refractivity (Wildman–Crippen MR) is 70.9 cm³/mol. The number of carbonyl (C=O) groups excluding carboxylic acids is 4. The molecule has 0 aliphatic heterocycles. The molecule has 0 aliphatic rings. The molecular formula is C10H8F6N2O6S2-2. The molecule has 0 rings (SSSR count). The van der Waals surface area contributed by atoms with Gasteiger partial charge in [-0.1, -0.05) is 21.6 Å². The molecule has 0 saturated carbocycles. The zero-order chi connectivity index (χ0) is 20.7. The number of nitrogens with one attached hydrogen (secondary N) is 2. The van der Waals surface area contributed by atoms with Crippen LogP contribution in [-0.4, -0.2) is 59.7 Å². The summed E-state index contributed by atoms with van der Waals surface area (Å²) >= 11 is 0. The van der Waals surface area contributed by atoms with E-state index in [0.29, 0.717) is 21.6 Å². The van der Waals surface area contributed by atoms with Gasteiger partial charge in [-0.05, 0) is 0 Å². The first-order chi connectivity index (χ1) is 11.7. The van der Waals surface area contributed by atoms with E-state index >= 15 is 0 Å². The van der Waals surface area contributed by atoms with Crippen LogP contribution in [0.5, 0.6) is 0 Å². The van der Waals surface area contributed by atoms with Crippen LogP contribution < -0.4 is 20.8 Å². The van der Waals surface area contributed by atoms with Gasteiger partial charge in [0, 0.05) is 11.5 Å². The molecule has 0 unspecified atom stereocenters. The lowest BCUT2D eigenvalue weighted by Crippen LogP contribution is -2.53. The summed E-state index contributed by atoms with van der Waals surface area (Å²) in [6.07, 6.45) is -10.7. The van der Waals surface area contributed by atoms with E-state index in [1.807, 2.05) is 0 Å². The Morgan fingerprint density at radius 2 is 1.00 bits per heavy atom. The zero-order valence-electron chi connectivity index (χ0n) is 12.1. The van der Waals surface area contributed by atoms with Crippen LogP contribution in [0.15, 0.2) is 0 Å². The maximum Gasteiger partial charge on any atom is 0.471 e. The van der Waals surface area contributed by atoms with E-state index in [4.69, 9.17) is 0 Å². The number of hydrogen-bond donors (Lipinski definition) is 2. The van der Waals surface area contributed by atoms with E-state index in [9.17, 15) is 55.7 Å². The fraction of sp³-hybridized carbons (Fsp3) is 0.600. The summed E-state index contributed by atoms with van der Waals surface area (Å²) in [5, 5.41) is 23.5. The number of alkyl halides is 6. The minimum Gasteiger partial charge on any atom is -0.548 e. The smallest absolute Gasteiger partial charge is 0.471 e. The van der Waals surface area contributed by atoms with Crippen molar-refractivity contribution in [2.45, 2.75) is 24.4 Å². The maximum absolute atomic E-state index is 12.0. The van der Waals surface area contributed by atoms with Gasteiger partial charge in [0.15, 0.2) is 0 Å². The first-order valence-corrected chi connectivity index (χ1v) is 8.56. The predicted octanol–water partition coefficient (Wildman–Crippen LogP) is -2.04. The van der Waals surface area contributed by atoms with E-state index < -0.39 is 59.7 Å². The number of rotatable bonds is 9. The summed E-state index contributed by atoms with van der Waals surface area (Å²) in [7, 11) is 0.825. The molecule has 26 heavy (non-hydrogen) atoms. The molecule has 2 N–H and O–H groups in total. The Morgan fingerprint density at radius 1 is 0.731 bits per heavy atom. The van der Waals surface area contributed by atoms with Crippen LogP contribution >= 0.6 is 21.6 Å². The molecule has 0 heterocycles. The number of hydrogen-bond acceptors (Lipinski definition) is 8. The van der Waals surface area contributed by atoms with Crippen molar-refractivity contribution in [2.75, 3.05) is 11.5 Å². The molecule has 0 aromatic heterocycles. The molecule has 16 heteroatoms. The molecule has 2 atom stereocenters. The van der Waals surface area contributed by atoms with Gasteiger partial charge in [0.25, 0.3) is 0 Å². The van der Waals surface area contributed by atoms with Crippen molar-refractivity contribution in [1.29, 1.82) is 0 Å². The summed E-state index contributed by atoms with van der Waals surface area (Å²) < 4.78 is 72.2. The SMILES string of the molecule is O=C([O-])[C@H](CSSC[C@@H](NC(=O)C(F)(F)F)C(=O)[O-])NC(=O)C(F)(F)F. The van der Waals surface area contributed by atoms with Gasteiger partial charge in [0.1, 0.15) is 0 Å². The summed E-state index contributed by atoms with van der Waals surface area (Å²) in [5.41, 5.74) is 0. The van der Waals surface area contributed by atoms with Crippen molar-refractivity contribution >= 4 is 45.3 Å². The van der Waals surface area contributed by atoms with E-state index in [1.54, 1.807) is 0 Å². The Hall–Kier alpha value is -1.84. The highest BCUT2D eigenvalue weighted by Gasteiger charge is 2.40. The minimum atomic E-state index is -5.35. The Bertz CT molecular complexity index is 507. The second-order valence-electron chi connectivity index (χ2n) is 4.25. The number of halogens is 6. The number of amides is 2. The normalized spacial score (nSPS) is 14.2. The van der Waals surface area contributed by atoms with Crippen molar-refractivity contribution in [3.63, 3.8) is 0 Å². The molecule has 0 radical (unpaired) electrons. The average Bonchev–Trinajstić information content (AvgIpc) is 2.45. The molecule has 0 saturated heterocycles. The molecule has 0 aromatic carbocycles. The molecule has 0 bridgehead atoms. The van der Waals surface area contributed by atoms with Crippen LogP contribution in [-0.2, 0) is 19.2 Å². The first-order valence-electron chi connectivity index (χ1n) is 6.07. The summed E-state index contributed by atoms with van der Waals surface area (Å²) in [6, 6.07) is -4.21. The van der Waals surface area contributed by atoms with E-state index in [-0.39, 0.29) is 0 Å². The number of aliphatic carboxylic acids is 2. The van der Waals surface area contributed by atoms with E-state index in [2.05, 4.69) is 0 Å². The first kappa shape index (κ1) is 24.2. The van der Waals surface area contributed by atoms with Gasteiger partial charge in [0.05, 0.1) is 24.0 Å². The molecular weight excluding hydrogens is 422 g/mol. The van der Waals surface area contributed by atoms with Crippen molar-refractivity contribution in [1.82, 2.24) is 10.6 Å². The van der Waals surface area contributed by atoms with Gasteiger partial charge < -0.3 is 30.4 Å². The number of carbonyl (C=O) groups is 4. The Morgan fingerprint density at radius 3 is 1.19 bits per heavy atom. The van der Waals surface area contributed by atoms with Crippen molar-refractivity contribution in [3.05, 3.63) is 0 Å².